The minimum absolute atomic E-state index is 0.573. The maximum absolute atomic E-state index is 5.69. The number of rotatable bonds is 3. The van der Waals surface area contributed by atoms with Gasteiger partial charge in [-0.05, 0) is 23.1 Å². The summed E-state index contributed by atoms with van der Waals surface area (Å²) < 4.78 is 4.25. The fourth-order valence-electron chi connectivity index (χ4n) is 2.20. The van der Waals surface area contributed by atoms with Gasteiger partial charge in [-0.3, -0.25) is 0 Å². The first-order valence-electron chi connectivity index (χ1n) is 6.02. The smallest absolute Gasteiger partial charge is 0.128 e. The number of fused-ring (bicyclic) bond motifs is 1. The number of hydrogen-bond acceptors (Lipinski definition) is 2. The van der Waals surface area contributed by atoms with Crippen molar-refractivity contribution in [2.45, 2.75) is 13.1 Å². The van der Waals surface area contributed by atoms with Gasteiger partial charge in [-0.2, -0.15) is 0 Å². The molecule has 0 aliphatic heterocycles. The molecule has 0 atom stereocenters. The first kappa shape index (κ1) is 11.0. The van der Waals surface area contributed by atoms with Crippen LogP contribution in [0.2, 0.25) is 0 Å². The minimum Gasteiger partial charge on any atom is -0.340 e. The number of imidazole rings is 1. The molecule has 18 heavy (non-hydrogen) atoms. The second kappa shape index (κ2) is 4.31. The lowest BCUT2D eigenvalue weighted by molar-refractivity contribution is 0.718. The van der Waals surface area contributed by atoms with Gasteiger partial charge in [0.1, 0.15) is 5.82 Å². The van der Waals surface area contributed by atoms with Crippen LogP contribution in [-0.2, 0) is 20.1 Å². The van der Waals surface area contributed by atoms with Crippen LogP contribution in [0.15, 0.2) is 42.9 Å². The summed E-state index contributed by atoms with van der Waals surface area (Å²) in [7, 11) is 2.01. The van der Waals surface area contributed by atoms with Gasteiger partial charge in [0.2, 0.25) is 0 Å². The Hall–Kier alpha value is -2.07. The molecule has 4 heteroatoms. The molecule has 2 heterocycles. The van der Waals surface area contributed by atoms with Gasteiger partial charge in [-0.15, -0.1) is 0 Å². The van der Waals surface area contributed by atoms with E-state index < -0.39 is 0 Å². The van der Waals surface area contributed by atoms with Crippen molar-refractivity contribution >= 4 is 10.9 Å². The van der Waals surface area contributed by atoms with Gasteiger partial charge in [0.05, 0.1) is 6.54 Å². The Balaban J connectivity index is 2.04. The lowest BCUT2D eigenvalue weighted by Gasteiger charge is -2.06. The number of aryl methyl sites for hydroxylation is 1. The summed E-state index contributed by atoms with van der Waals surface area (Å²) in [5.74, 6) is 1.05. The molecule has 2 aromatic heterocycles. The largest absolute Gasteiger partial charge is 0.340 e. The molecule has 0 unspecified atom stereocenters. The molecule has 0 aliphatic carbocycles. The molecule has 0 bridgehead atoms. The summed E-state index contributed by atoms with van der Waals surface area (Å²) in [6.45, 7) is 1.35. The quantitative estimate of drug-likeness (QED) is 0.760. The molecule has 0 saturated heterocycles. The number of nitrogens with two attached hydrogens (primary N) is 1. The summed E-state index contributed by atoms with van der Waals surface area (Å²) in [5.41, 5.74) is 8.06. The maximum atomic E-state index is 5.69. The fourth-order valence-corrected chi connectivity index (χ4v) is 2.20. The van der Waals surface area contributed by atoms with E-state index in [1.54, 1.807) is 0 Å². The van der Waals surface area contributed by atoms with Gasteiger partial charge in [-0.1, -0.05) is 12.1 Å². The number of nitrogens with zero attached hydrogens (tertiary/aromatic N) is 3. The van der Waals surface area contributed by atoms with Gasteiger partial charge in [0.15, 0.2) is 0 Å². The third-order valence-corrected chi connectivity index (χ3v) is 3.31. The zero-order valence-electron chi connectivity index (χ0n) is 10.4. The molecular formula is C14H16N4. The molecule has 0 spiro atoms. The molecular weight excluding hydrogens is 224 g/mol. The van der Waals surface area contributed by atoms with Crippen LogP contribution in [0.5, 0.6) is 0 Å². The number of hydrogen-bond donors (Lipinski definition) is 1. The summed E-state index contributed by atoms with van der Waals surface area (Å²) in [5, 5.41) is 1.24. The Labute approximate surface area is 106 Å². The molecule has 3 rings (SSSR count). The van der Waals surface area contributed by atoms with E-state index in [0.717, 1.165) is 17.9 Å². The summed E-state index contributed by atoms with van der Waals surface area (Å²) >= 11 is 0. The average Bonchev–Trinajstić information content (AvgIpc) is 2.97. The summed E-state index contributed by atoms with van der Waals surface area (Å²) in [6, 6.07) is 8.47. The summed E-state index contributed by atoms with van der Waals surface area (Å²) in [6.07, 6.45) is 5.89. The highest BCUT2D eigenvalue weighted by molar-refractivity contribution is 5.80. The third kappa shape index (κ3) is 1.80. The van der Waals surface area contributed by atoms with Gasteiger partial charge in [-0.25, -0.2) is 4.98 Å². The van der Waals surface area contributed by atoms with Crippen molar-refractivity contribution in [3.8, 4) is 0 Å². The average molecular weight is 240 g/mol. The van der Waals surface area contributed by atoms with E-state index in [2.05, 4.69) is 40.0 Å². The van der Waals surface area contributed by atoms with Crippen LogP contribution in [0.25, 0.3) is 10.9 Å². The highest BCUT2D eigenvalue weighted by Crippen LogP contribution is 2.18. The molecule has 2 N–H and O–H groups in total. The van der Waals surface area contributed by atoms with Gasteiger partial charge in [0.25, 0.3) is 0 Å². The van der Waals surface area contributed by atoms with Crippen LogP contribution >= 0.6 is 0 Å². The molecule has 1 aromatic carbocycles. The predicted molar refractivity (Wildman–Crippen MR) is 72.1 cm³/mol. The highest BCUT2D eigenvalue weighted by atomic mass is 15.1. The Kier molecular flexibility index (Phi) is 2.64. The lowest BCUT2D eigenvalue weighted by Crippen LogP contribution is -2.05. The van der Waals surface area contributed by atoms with E-state index in [9.17, 15) is 0 Å². The van der Waals surface area contributed by atoms with E-state index >= 15 is 0 Å². The first-order chi connectivity index (χ1) is 8.78. The van der Waals surface area contributed by atoms with Crippen molar-refractivity contribution in [3.63, 3.8) is 0 Å². The Morgan fingerprint density at radius 2 is 2.11 bits per heavy atom. The molecule has 0 radical (unpaired) electrons. The molecule has 0 saturated carbocycles. The first-order valence-corrected chi connectivity index (χ1v) is 6.02. The Bertz CT molecular complexity index is 678. The van der Waals surface area contributed by atoms with Gasteiger partial charge in [0, 0.05) is 37.7 Å². The van der Waals surface area contributed by atoms with Crippen molar-refractivity contribution in [1.82, 2.24) is 14.1 Å². The monoisotopic (exact) mass is 240 g/mol. The summed E-state index contributed by atoms with van der Waals surface area (Å²) in [4.78, 5) is 4.36. The number of benzene rings is 1. The normalized spacial score (nSPS) is 11.2. The minimum atomic E-state index is 0.573. The Morgan fingerprint density at radius 3 is 2.83 bits per heavy atom. The van der Waals surface area contributed by atoms with Crippen LogP contribution in [0.4, 0.5) is 0 Å². The topological polar surface area (TPSA) is 48.8 Å². The second-order valence-electron chi connectivity index (χ2n) is 4.50. The molecule has 0 aliphatic rings. The van der Waals surface area contributed by atoms with Gasteiger partial charge < -0.3 is 14.9 Å². The van der Waals surface area contributed by atoms with Crippen LogP contribution in [-0.4, -0.2) is 14.1 Å². The zero-order chi connectivity index (χ0) is 12.5. The van der Waals surface area contributed by atoms with Crippen LogP contribution < -0.4 is 5.73 Å². The number of aromatic nitrogens is 3. The second-order valence-corrected chi connectivity index (χ2v) is 4.50. The van der Waals surface area contributed by atoms with Crippen LogP contribution in [0.3, 0.4) is 0 Å². The van der Waals surface area contributed by atoms with Crippen molar-refractivity contribution in [1.29, 1.82) is 0 Å². The molecule has 92 valence electrons. The molecule has 0 amide bonds. The highest BCUT2D eigenvalue weighted by Gasteiger charge is 2.05. The van der Waals surface area contributed by atoms with Crippen molar-refractivity contribution in [2.24, 2.45) is 12.8 Å². The van der Waals surface area contributed by atoms with E-state index in [0.29, 0.717) is 6.54 Å². The van der Waals surface area contributed by atoms with E-state index in [4.69, 9.17) is 5.73 Å². The van der Waals surface area contributed by atoms with E-state index in [1.165, 1.54) is 10.9 Å². The maximum Gasteiger partial charge on any atom is 0.128 e. The van der Waals surface area contributed by atoms with Crippen molar-refractivity contribution < 1.29 is 0 Å². The van der Waals surface area contributed by atoms with Crippen LogP contribution in [0.1, 0.15) is 11.4 Å². The van der Waals surface area contributed by atoms with Crippen LogP contribution in [0, 0.1) is 0 Å². The van der Waals surface area contributed by atoms with Crippen molar-refractivity contribution in [3.05, 3.63) is 54.2 Å². The fraction of sp³-hybridized carbons (Fsp3) is 0.214. The lowest BCUT2D eigenvalue weighted by atomic mass is 10.1. The van der Waals surface area contributed by atoms with Crippen molar-refractivity contribution in [2.75, 3.05) is 0 Å². The zero-order valence-corrected chi connectivity index (χ0v) is 10.4. The molecule has 3 aromatic rings. The predicted octanol–water partition coefficient (Wildman–Crippen LogP) is 1.88. The third-order valence-electron chi connectivity index (χ3n) is 3.31. The standard InChI is InChI=1S/C14H16N4/c1-17-7-5-16-14(17)10-18-6-4-12-3-2-11(9-15)8-13(12)18/h2-8H,9-10,15H2,1H3. The Morgan fingerprint density at radius 1 is 1.22 bits per heavy atom. The molecule has 0 fully saturated rings. The van der Waals surface area contributed by atoms with E-state index in [-0.39, 0.29) is 0 Å². The SMILES string of the molecule is Cn1ccnc1Cn1ccc2ccc(CN)cc21. The van der Waals surface area contributed by atoms with Gasteiger partial charge >= 0.3 is 0 Å². The molecule has 4 nitrogen and oxygen atoms in total. The van der Waals surface area contributed by atoms with E-state index in [1.807, 2.05) is 24.0 Å².